The Kier molecular flexibility index (Phi) is 5.23. The van der Waals surface area contributed by atoms with E-state index in [1.807, 2.05) is 25.1 Å². The molecule has 5 nitrogen and oxygen atoms in total. The summed E-state index contributed by atoms with van der Waals surface area (Å²) in [7, 11) is 0. The fourth-order valence-electron chi connectivity index (χ4n) is 2.62. The van der Waals surface area contributed by atoms with Gasteiger partial charge in [0.1, 0.15) is 12.4 Å². The van der Waals surface area contributed by atoms with Crippen LogP contribution in [0.1, 0.15) is 22.8 Å². The summed E-state index contributed by atoms with van der Waals surface area (Å²) >= 11 is 0. The van der Waals surface area contributed by atoms with Gasteiger partial charge in [-0.15, -0.1) is 0 Å². The predicted molar refractivity (Wildman–Crippen MR) is 95.1 cm³/mol. The first-order chi connectivity index (χ1) is 12.2. The fraction of sp³-hybridized carbons (Fsp3) is 0.250. The van der Waals surface area contributed by atoms with Gasteiger partial charge in [-0.1, -0.05) is 18.7 Å². The summed E-state index contributed by atoms with van der Waals surface area (Å²) in [6, 6.07) is 12.9. The minimum Gasteiger partial charge on any atom is -0.490 e. The number of nitrogens with zero attached hydrogens (tertiary/aromatic N) is 1. The lowest BCUT2D eigenvalue weighted by molar-refractivity contribution is 0.0752. The SMILES string of the molecule is C=CCOc1ccc(C(=O)N(CC)Cc2ccc3c(c2)OCO3)cc1. The van der Waals surface area contributed by atoms with Gasteiger partial charge >= 0.3 is 0 Å². The average Bonchev–Trinajstić information content (AvgIpc) is 3.12. The second kappa shape index (κ2) is 7.75. The van der Waals surface area contributed by atoms with E-state index in [1.165, 1.54) is 0 Å². The van der Waals surface area contributed by atoms with Gasteiger partial charge in [0.15, 0.2) is 11.5 Å². The van der Waals surface area contributed by atoms with Crippen molar-refractivity contribution in [3.8, 4) is 17.2 Å². The van der Waals surface area contributed by atoms with Crippen LogP contribution >= 0.6 is 0 Å². The topological polar surface area (TPSA) is 48.0 Å². The highest BCUT2D eigenvalue weighted by Crippen LogP contribution is 2.32. The highest BCUT2D eigenvalue weighted by molar-refractivity contribution is 5.94. The van der Waals surface area contributed by atoms with Crippen molar-refractivity contribution in [3.63, 3.8) is 0 Å². The second-order valence-corrected chi connectivity index (χ2v) is 5.63. The van der Waals surface area contributed by atoms with Crippen LogP contribution in [0.15, 0.2) is 55.1 Å². The largest absolute Gasteiger partial charge is 0.490 e. The number of benzene rings is 2. The standard InChI is InChI=1S/C20H21NO4/c1-3-11-23-17-8-6-16(7-9-17)20(22)21(4-2)13-15-5-10-18-19(12-15)25-14-24-18/h3,5-10,12H,1,4,11,13-14H2,2H3. The normalized spacial score (nSPS) is 11.9. The summed E-state index contributed by atoms with van der Waals surface area (Å²) in [6.45, 7) is 7.40. The third kappa shape index (κ3) is 3.94. The first-order valence-corrected chi connectivity index (χ1v) is 8.23. The zero-order chi connectivity index (χ0) is 17.6. The maximum atomic E-state index is 12.8. The minimum atomic E-state index is -0.0181. The van der Waals surface area contributed by atoms with Crippen molar-refractivity contribution >= 4 is 5.91 Å². The van der Waals surface area contributed by atoms with Crippen LogP contribution in [-0.2, 0) is 6.54 Å². The molecule has 0 aliphatic carbocycles. The van der Waals surface area contributed by atoms with Gasteiger partial charge in [0.25, 0.3) is 5.91 Å². The molecule has 1 aliphatic heterocycles. The third-order valence-corrected chi connectivity index (χ3v) is 3.95. The molecule has 1 amide bonds. The van der Waals surface area contributed by atoms with Crippen LogP contribution in [0.3, 0.4) is 0 Å². The summed E-state index contributed by atoms with van der Waals surface area (Å²) in [6.07, 6.45) is 1.68. The number of amides is 1. The molecule has 0 atom stereocenters. The Hall–Kier alpha value is -2.95. The summed E-state index contributed by atoms with van der Waals surface area (Å²) < 4.78 is 16.2. The molecule has 0 saturated heterocycles. The molecule has 0 aromatic heterocycles. The molecule has 0 N–H and O–H groups in total. The number of carbonyl (C=O) groups excluding carboxylic acids is 1. The maximum absolute atomic E-state index is 12.8. The number of rotatable bonds is 7. The summed E-state index contributed by atoms with van der Waals surface area (Å²) in [5, 5.41) is 0. The molecule has 0 fully saturated rings. The van der Waals surface area contributed by atoms with Gasteiger partial charge in [-0.3, -0.25) is 4.79 Å². The summed E-state index contributed by atoms with van der Waals surface area (Å²) in [5.74, 6) is 2.17. The van der Waals surface area contributed by atoms with E-state index >= 15 is 0 Å². The third-order valence-electron chi connectivity index (χ3n) is 3.95. The number of carbonyl (C=O) groups is 1. The molecule has 25 heavy (non-hydrogen) atoms. The van der Waals surface area contributed by atoms with Crippen molar-refractivity contribution in [1.29, 1.82) is 0 Å². The van der Waals surface area contributed by atoms with Gasteiger partial charge in [0, 0.05) is 18.7 Å². The van der Waals surface area contributed by atoms with Gasteiger partial charge in [-0.25, -0.2) is 0 Å². The Balaban J connectivity index is 1.69. The van der Waals surface area contributed by atoms with E-state index in [9.17, 15) is 4.79 Å². The van der Waals surface area contributed by atoms with E-state index in [0.717, 1.165) is 22.8 Å². The maximum Gasteiger partial charge on any atom is 0.254 e. The molecule has 2 aromatic rings. The molecule has 130 valence electrons. The summed E-state index contributed by atoms with van der Waals surface area (Å²) in [5.41, 5.74) is 1.64. The lowest BCUT2D eigenvalue weighted by atomic mass is 10.1. The van der Waals surface area contributed by atoms with Gasteiger partial charge in [0.05, 0.1) is 0 Å². The molecule has 0 spiro atoms. The van der Waals surface area contributed by atoms with E-state index in [1.54, 1.807) is 35.2 Å². The summed E-state index contributed by atoms with van der Waals surface area (Å²) in [4.78, 5) is 14.5. The molecule has 0 unspecified atom stereocenters. The van der Waals surface area contributed by atoms with E-state index in [0.29, 0.717) is 25.3 Å². The minimum absolute atomic E-state index is 0.0181. The van der Waals surface area contributed by atoms with E-state index in [-0.39, 0.29) is 12.7 Å². The van der Waals surface area contributed by atoms with E-state index in [2.05, 4.69) is 6.58 Å². The smallest absolute Gasteiger partial charge is 0.254 e. The first-order valence-electron chi connectivity index (χ1n) is 8.23. The number of hydrogen-bond donors (Lipinski definition) is 0. The van der Waals surface area contributed by atoms with E-state index in [4.69, 9.17) is 14.2 Å². The zero-order valence-electron chi connectivity index (χ0n) is 14.2. The van der Waals surface area contributed by atoms with Crippen molar-refractivity contribution in [2.24, 2.45) is 0 Å². The monoisotopic (exact) mass is 339 g/mol. The van der Waals surface area contributed by atoms with Crippen LogP contribution in [0.25, 0.3) is 0 Å². The van der Waals surface area contributed by atoms with Crippen molar-refractivity contribution in [2.45, 2.75) is 13.5 Å². The predicted octanol–water partition coefficient (Wildman–Crippen LogP) is 3.64. The molecular weight excluding hydrogens is 318 g/mol. The van der Waals surface area contributed by atoms with Crippen LogP contribution in [0.5, 0.6) is 17.2 Å². The Morgan fingerprint density at radius 3 is 2.68 bits per heavy atom. The molecule has 0 radical (unpaired) electrons. The van der Waals surface area contributed by atoms with Gasteiger partial charge in [-0.05, 0) is 48.9 Å². The van der Waals surface area contributed by atoms with E-state index < -0.39 is 0 Å². The van der Waals surface area contributed by atoms with Crippen LogP contribution in [0.4, 0.5) is 0 Å². The highest BCUT2D eigenvalue weighted by Gasteiger charge is 2.17. The quantitative estimate of drug-likeness (QED) is 0.723. The Labute approximate surface area is 147 Å². The molecule has 0 bridgehead atoms. The molecule has 1 heterocycles. The lowest BCUT2D eigenvalue weighted by Crippen LogP contribution is -2.30. The number of ether oxygens (including phenoxy) is 3. The molecule has 2 aromatic carbocycles. The van der Waals surface area contributed by atoms with Gasteiger partial charge in [0.2, 0.25) is 6.79 Å². The second-order valence-electron chi connectivity index (χ2n) is 5.63. The van der Waals surface area contributed by atoms with Crippen LogP contribution in [-0.4, -0.2) is 30.8 Å². The van der Waals surface area contributed by atoms with Crippen molar-refractivity contribution < 1.29 is 19.0 Å². The number of hydrogen-bond acceptors (Lipinski definition) is 4. The van der Waals surface area contributed by atoms with Crippen LogP contribution in [0.2, 0.25) is 0 Å². The Morgan fingerprint density at radius 2 is 1.96 bits per heavy atom. The fourth-order valence-corrected chi connectivity index (χ4v) is 2.62. The average molecular weight is 339 g/mol. The molecule has 3 rings (SSSR count). The number of fused-ring (bicyclic) bond motifs is 1. The molecule has 5 heteroatoms. The highest BCUT2D eigenvalue weighted by atomic mass is 16.7. The van der Waals surface area contributed by atoms with Crippen LogP contribution < -0.4 is 14.2 Å². The van der Waals surface area contributed by atoms with Crippen molar-refractivity contribution in [2.75, 3.05) is 19.9 Å². The van der Waals surface area contributed by atoms with Gasteiger partial charge < -0.3 is 19.1 Å². The lowest BCUT2D eigenvalue weighted by Gasteiger charge is -2.21. The van der Waals surface area contributed by atoms with Gasteiger partial charge in [-0.2, -0.15) is 0 Å². The Bertz CT molecular complexity index is 755. The first kappa shape index (κ1) is 16.9. The molecule has 0 saturated carbocycles. The zero-order valence-corrected chi connectivity index (χ0v) is 14.2. The van der Waals surface area contributed by atoms with Crippen molar-refractivity contribution in [3.05, 3.63) is 66.2 Å². The molecule has 1 aliphatic rings. The Morgan fingerprint density at radius 1 is 1.20 bits per heavy atom. The van der Waals surface area contributed by atoms with Crippen molar-refractivity contribution in [1.82, 2.24) is 4.90 Å². The van der Waals surface area contributed by atoms with Crippen LogP contribution in [0, 0.1) is 0 Å². The molecular formula is C20H21NO4.